The Labute approximate surface area is 64.4 Å². The fourth-order valence-corrected chi connectivity index (χ4v) is 0. The van der Waals surface area contributed by atoms with Gasteiger partial charge in [0.25, 0.3) is 0 Å². The molecule has 1 heterocycles. The van der Waals surface area contributed by atoms with E-state index < -0.39 is 0 Å². The molecule has 0 N–H and O–H groups in total. The van der Waals surface area contributed by atoms with Crippen molar-refractivity contribution in [2.24, 2.45) is 0 Å². The van der Waals surface area contributed by atoms with Crippen LogP contribution in [-0.4, -0.2) is 11.5 Å². The molecule has 0 spiro atoms. The average Bonchev–Trinajstić information content (AvgIpc) is 2.77. The van der Waals surface area contributed by atoms with Crippen LogP contribution in [0.1, 0.15) is 40.5 Å². The van der Waals surface area contributed by atoms with Crippen molar-refractivity contribution in [1.82, 2.24) is 0 Å². The molecule has 0 unspecified atom stereocenters. The summed E-state index contributed by atoms with van der Waals surface area (Å²) in [5.74, 6) is 2.83. The fraction of sp³-hybridized carbons (Fsp3) is 1.00. The van der Waals surface area contributed by atoms with E-state index in [2.05, 4.69) is 13.8 Å². The van der Waals surface area contributed by atoms with Gasteiger partial charge in [0.1, 0.15) is 0 Å². The zero-order chi connectivity index (χ0) is 7.54. The Hall–Kier alpha value is 0.350. The number of hydrogen-bond donors (Lipinski definition) is 0. The molecule has 0 aromatic heterocycles. The van der Waals surface area contributed by atoms with Gasteiger partial charge in [0.15, 0.2) is 0 Å². The van der Waals surface area contributed by atoms with Crippen molar-refractivity contribution in [3.63, 3.8) is 0 Å². The molecule has 9 heavy (non-hydrogen) atoms. The topological polar surface area (TPSA) is 0 Å². The Bertz CT molecular complexity index is 21.0. The van der Waals surface area contributed by atoms with E-state index >= 15 is 0 Å². The predicted molar refractivity (Wildman–Crippen MR) is 49.3 cm³/mol. The summed E-state index contributed by atoms with van der Waals surface area (Å²) in [6.07, 6.45) is 2.64. The third-order valence-corrected chi connectivity index (χ3v) is 1.11. The highest BCUT2D eigenvalue weighted by atomic mass is 32.2. The van der Waals surface area contributed by atoms with Crippen molar-refractivity contribution in [2.45, 2.75) is 40.5 Å². The second-order valence-corrected chi connectivity index (χ2v) is 2.84. The number of unbranched alkanes of at least 4 members (excludes halogenated alkanes) is 1. The van der Waals surface area contributed by atoms with E-state index in [1.165, 1.54) is 24.3 Å². The summed E-state index contributed by atoms with van der Waals surface area (Å²) in [6.45, 7) is 8.36. The smallest absolute Gasteiger partial charge is 0.00238 e. The highest BCUT2D eigenvalue weighted by Crippen LogP contribution is 2.14. The highest BCUT2D eigenvalue weighted by Gasteiger charge is 1.95. The van der Waals surface area contributed by atoms with Gasteiger partial charge in [-0.2, -0.15) is 11.8 Å². The summed E-state index contributed by atoms with van der Waals surface area (Å²) >= 11 is 2.00. The third-order valence-electron chi connectivity index (χ3n) is 0.704. The maximum atomic E-state index is 2.18. The monoisotopic (exact) mass is 148 g/mol. The van der Waals surface area contributed by atoms with Crippen LogP contribution < -0.4 is 0 Å². The molecule has 0 aliphatic carbocycles. The first-order chi connectivity index (χ1) is 4.41. The van der Waals surface area contributed by atoms with E-state index in [1.807, 2.05) is 25.6 Å². The molecule has 0 radical (unpaired) electrons. The lowest BCUT2D eigenvalue weighted by Gasteiger charge is -1.68. The summed E-state index contributed by atoms with van der Waals surface area (Å²) in [6, 6.07) is 0. The summed E-state index contributed by atoms with van der Waals surface area (Å²) in [5, 5.41) is 0. The van der Waals surface area contributed by atoms with Crippen LogP contribution in [0, 0.1) is 0 Å². The van der Waals surface area contributed by atoms with Gasteiger partial charge in [-0.25, -0.2) is 0 Å². The van der Waals surface area contributed by atoms with Crippen LogP contribution in [0.4, 0.5) is 0 Å². The molecule has 1 heteroatoms. The zero-order valence-electron chi connectivity index (χ0n) is 7.24. The van der Waals surface area contributed by atoms with Gasteiger partial charge in [-0.15, -0.1) is 0 Å². The first kappa shape index (κ1) is 12.1. The lowest BCUT2D eigenvalue weighted by molar-refractivity contribution is 0.886. The predicted octanol–water partition coefficient (Wildman–Crippen LogP) is 3.57. The van der Waals surface area contributed by atoms with E-state index in [0.29, 0.717) is 0 Å². The maximum absolute atomic E-state index is 2.18. The van der Waals surface area contributed by atoms with Gasteiger partial charge in [0, 0.05) is 11.5 Å². The Morgan fingerprint density at radius 3 is 1.22 bits per heavy atom. The standard InChI is InChI=1S/C4H10.C2H4S.C2H6/c1-3-4-2;1-2-3-1;1-2/h3-4H2,1-2H3;1-2H2;1-2H3. The molecule has 0 aromatic rings. The Morgan fingerprint density at radius 1 is 1.00 bits per heavy atom. The quantitative estimate of drug-likeness (QED) is 0.512. The van der Waals surface area contributed by atoms with Crippen molar-refractivity contribution in [2.75, 3.05) is 11.5 Å². The molecule has 0 amide bonds. The van der Waals surface area contributed by atoms with Crippen LogP contribution in [0.25, 0.3) is 0 Å². The zero-order valence-corrected chi connectivity index (χ0v) is 8.05. The van der Waals surface area contributed by atoms with Crippen LogP contribution in [0.15, 0.2) is 0 Å². The van der Waals surface area contributed by atoms with Crippen molar-refractivity contribution in [3.8, 4) is 0 Å². The summed E-state index contributed by atoms with van der Waals surface area (Å²) < 4.78 is 0. The van der Waals surface area contributed by atoms with E-state index in [1.54, 1.807) is 0 Å². The van der Waals surface area contributed by atoms with E-state index in [4.69, 9.17) is 0 Å². The third kappa shape index (κ3) is 61.0. The minimum absolute atomic E-state index is 1.32. The molecule has 0 bridgehead atoms. The molecule has 1 aliphatic rings. The number of hydrogen-bond acceptors (Lipinski definition) is 1. The van der Waals surface area contributed by atoms with E-state index in [0.717, 1.165) is 0 Å². The SMILES string of the molecule is C1CS1.CC.CCCC. The van der Waals surface area contributed by atoms with Crippen molar-refractivity contribution >= 4 is 11.8 Å². The van der Waals surface area contributed by atoms with Crippen LogP contribution >= 0.6 is 11.8 Å². The van der Waals surface area contributed by atoms with Gasteiger partial charge in [-0.1, -0.05) is 40.5 Å². The van der Waals surface area contributed by atoms with Crippen LogP contribution in [0.3, 0.4) is 0 Å². The minimum atomic E-state index is 1.32. The molecular weight excluding hydrogens is 128 g/mol. The average molecular weight is 148 g/mol. The van der Waals surface area contributed by atoms with Gasteiger partial charge in [0.2, 0.25) is 0 Å². The van der Waals surface area contributed by atoms with Crippen LogP contribution in [0.2, 0.25) is 0 Å². The molecule has 1 aliphatic heterocycles. The molecule has 1 saturated heterocycles. The lowest BCUT2D eigenvalue weighted by atomic mass is 10.4. The molecule has 0 aromatic carbocycles. The Balaban J connectivity index is 0. The van der Waals surface area contributed by atoms with Gasteiger partial charge in [-0.05, 0) is 0 Å². The Kier molecular flexibility index (Phi) is 21.1. The molecule has 1 fully saturated rings. The first-order valence-corrected chi connectivity index (χ1v) is 5.15. The Morgan fingerprint density at radius 2 is 1.22 bits per heavy atom. The number of thioether (sulfide) groups is 1. The fourth-order valence-electron chi connectivity index (χ4n) is 0. The van der Waals surface area contributed by atoms with Gasteiger partial charge in [-0.3, -0.25) is 0 Å². The van der Waals surface area contributed by atoms with Gasteiger partial charge < -0.3 is 0 Å². The molecular formula is C8H20S. The van der Waals surface area contributed by atoms with Gasteiger partial charge >= 0.3 is 0 Å². The number of rotatable bonds is 1. The largest absolute Gasteiger partial charge is 0.160 e. The van der Waals surface area contributed by atoms with Crippen LogP contribution in [-0.2, 0) is 0 Å². The summed E-state index contributed by atoms with van der Waals surface area (Å²) in [5.41, 5.74) is 0. The maximum Gasteiger partial charge on any atom is 0.00238 e. The highest BCUT2D eigenvalue weighted by molar-refractivity contribution is 8.06. The molecule has 0 nitrogen and oxygen atoms in total. The lowest BCUT2D eigenvalue weighted by Crippen LogP contribution is -1.47. The molecule has 0 saturated carbocycles. The van der Waals surface area contributed by atoms with E-state index in [9.17, 15) is 0 Å². The van der Waals surface area contributed by atoms with Crippen LogP contribution in [0.5, 0.6) is 0 Å². The molecule has 58 valence electrons. The van der Waals surface area contributed by atoms with Crippen molar-refractivity contribution in [1.29, 1.82) is 0 Å². The van der Waals surface area contributed by atoms with Crippen molar-refractivity contribution in [3.05, 3.63) is 0 Å². The van der Waals surface area contributed by atoms with E-state index in [-0.39, 0.29) is 0 Å². The second kappa shape index (κ2) is 15.8. The first-order valence-electron chi connectivity index (χ1n) is 3.99. The van der Waals surface area contributed by atoms with Gasteiger partial charge in [0.05, 0.1) is 0 Å². The van der Waals surface area contributed by atoms with Crippen molar-refractivity contribution < 1.29 is 0 Å². The molecule has 0 atom stereocenters. The minimum Gasteiger partial charge on any atom is -0.160 e. The molecule has 1 rings (SSSR count). The second-order valence-electron chi connectivity index (χ2n) is 1.61. The summed E-state index contributed by atoms with van der Waals surface area (Å²) in [7, 11) is 0. The normalized spacial score (nSPS) is 12.0. The summed E-state index contributed by atoms with van der Waals surface area (Å²) in [4.78, 5) is 0.